The van der Waals surface area contributed by atoms with Gasteiger partial charge >= 0.3 is 17.9 Å². The fourth-order valence-corrected chi connectivity index (χ4v) is 8.44. The number of hydrogen-bond acceptors (Lipinski definition) is 9. The molecule has 0 amide bonds. The lowest BCUT2D eigenvalue weighted by atomic mass is 9.37. The van der Waals surface area contributed by atoms with E-state index in [1.165, 1.54) is 20.8 Å². The second kappa shape index (κ2) is 8.13. The lowest BCUT2D eigenvalue weighted by Gasteiger charge is -2.69. The summed E-state index contributed by atoms with van der Waals surface area (Å²) in [5, 5.41) is 23.0. The molecule has 0 saturated heterocycles. The summed E-state index contributed by atoms with van der Waals surface area (Å²) in [6.45, 7) is 13.2. The van der Waals surface area contributed by atoms with E-state index in [1.807, 2.05) is 6.92 Å². The highest BCUT2D eigenvalue weighted by molar-refractivity contribution is 6.04. The molecule has 4 aliphatic carbocycles. The van der Waals surface area contributed by atoms with E-state index >= 15 is 0 Å². The maximum absolute atomic E-state index is 14.0. The van der Waals surface area contributed by atoms with Crippen molar-refractivity contribution < 1.29 is 43.6 Å². The van der Waals surface area contributed by atoms with Crippen molar-refractivity contribution in [3.05, 3.63) is 12.2 Å². The number of esters is 3. The van der Waals surface area contributed by atoms with Crippen molar-refractivity contribution >= 4 is 23.7 Å². The Hall–Kier alpha value is -2.26. The summed E-state index contributed by atoms with van der Waals surface area (Å²) in [6.07, 6.45) is -4.48. The van der Waals surface area contributed by atoms with E-state index in [0.717, 1.165) is 0 Å². The SMILES string of the molecule is C=C1C(=O)C23CC1C[C@H](OC(C)=O)C2C1(C)C(OC(C)=O)C[C@H](O)C(C)(C)[C@H]1C(O)[C@@H]3OC(C)=O. The molecule has 0 aromatic carbocycles. The van der Waals surface area contributed by atoms with Gasteiger partial charge in [0.15, 0.2) is 5.78 Å². The molecular weight excluding hydrogens is 456 g/mol. The quantitative estimate of drug-likeness (QED) is 0.343. The summed E-state index contributed by atoms with van der Waals surface area (Å²) < 4.78 is 17.3. The van der Waals surface area contributed by atoms with Crippen LogP contribution in [0, 0.1) is 34.0 Å². The number of carbonyl (C=O) groups excluding carboxylic acids is 4. The summed E-state index contributed by atoms with van der Waals surface area (Å²) in [5.41, 5.74) is -3.07. The van der Waals surface area contributed by atoms with Gasteiger partial charge < -0.3 is 24.4 Å². The van der Waals surface area contributed by atoms with Crippen molar-refractivity contribution in [1.29, 1.82) is 0 Å². The largest absolute Gasteiger partial charge is 0.462 e. The number of fused-ring (bicyclic) bond motifs is 3. The van der Waals surface area contributed by atoms with Crippen molar-refractivity contribution in [3.8, 4) is 0 Å². The van der Waals surface area contributed by atoms with E-state index in [-0.39, 0.29) is 24.5 Å². The van der Waals surface area contributed by atoms with Gasteiger partial charge in [-0.3, -0.25) is 19.2 Å². The first-order chi connectivity index (χ1) is 16.1. The Balaban J connectivity index is 2.03. The van der Waals surface area contributed by atoms with Crippen LogP contribution in [-0.2, 0) is 33.4 Å². The molecule has 0 aromatic heterocycles. The summed E-state index contributed by atoms with van der Waals surface area (Å²) in [7, 11) is 0. The summed E-state index contributed by atoms with van der Waals surface area (Å²) in [4.78, 5) is 50.6. The van der Waals surface area contributed by atoms with Gasteiger partial charge in [0.25, 0.3) is 0 Å². The van der Waals surface area contributed by atoms with Crippen LogP contribution in [0.1, 0.15) is 60.8 Å². The van der Waals surface area contributed by atoms with Gasteiger partial charge in [-0.05, 0) is 29.7 Å². The number of ketones is 1. The highest BCUT2D eigenvalue weighted by Gasteiger charge is 2.79. The predicted octanol–water partition coefficient (Wildman–Crippen LogP) is 1.72. The van der Waals surface area contributed by atoms with E-state index in [9.17, 15) is 29.4 Å². The van der Waals surface area contributed by atoms with Crippen LogP contribution in [0.2, 0.25) is 0 Å². The maximum atomic E-state index is 14.0. The van der Waals surface area contributed by atoms with Crippen LogP contribution >= 0.6 is 0 Å². The lowest BCUT2D eigenvalue weighted by Crippen LogP contribution is -2.76. The first kappa shape index (κ1) is 25.8. The van der Waals surface area contributed by atoms with E-state index in [4.69, 9.17) is 14.2 Å². The molecule has 1 spiro atoms. The first-order valence-electron chi connectivity index (χ1n) is 12.2. The minimum atomic E-state index is -1.41. The van der Waals surface area contributed by atoms with Gasteiger partial charge in [-0.1, -0.05) is 27.4 Å². The Bertz CT molecular complexity index is 985. The average Bonchev–Trinajstić information content (AvgIpc) is 2.90. The average molecular weight is 493 g/mol. The van der Waals surface area contributed by atoms with Crippen LogP contribution < -0.4 is 0 Å². The Kier molecular flexibility index (Phi) is 6.00. The summed E-state index contributed by atoms with van der Waals surface area (Å²) in [5.74, 6) is -3.89. The van der Waals surface area contributed by atoms with Crippen LogP contribution in [0.4, 0.5) is 0 Å². The topological polar surface area (TPSA) is 136 Å². The number of Topliss-reactive ketones (excluding diaryl/α,β-unsaturated/α-hetero) is 1. The smallest absolute Gasteiger partial charge is 0.303 e. The van der Waals surface area contributed by atoms with Crippen molar-refractivity contribution in [2.24, 2.45) is 34.0 Å². The number of ether oxygens (including phenoxy) is 3. The molecule has 4 fully saturated rings. The Morgan fingerprint density at radius 2 is 1.49 bits per heavy atom. The Labute approximate surface area is 205 Å². The zero-order valence-electron chi connectivity index (χ0n) is 21.2. The van der Waals surface area contributed by atoms with Crippen molar-refractivity contribution in [2.75, 3.05) is 0 Å². The molecule has 0 heterocycles. The highest BCUT2D eigenvalue weighted by Crippen LogP contribution is 2.72. The van der Waals surface area contributed by atoms with Gasteiger partial charge in [0.1, 0.15) is 18.3 Å². The van der Waals surface area contributed by atoms with Crippen molar-refractivity contribution in [3.63, 3.8) is 0 Å². The van der Waals surface area contributed by atoms with Gasteiger partial charge in [0.2, 0.25) is 0 Å². The van der Waals surface area contributed by atoms with Crippen molar-refractivity contribution in [1.82, 2.24) is 0 Å². The van der Waals surface area contributed by atoms with Crippen LogP contribution in [0.25, 0.3) is 0 Å². The maximum Gasteiger partial charge on any atom is 0.303 e. The number of rotatable bonds is 3. The molecule has 2 bridgehead atoms. The first-order valence-corrected chi connectivity index (χ1v) is 12.2. The number of aliphatic hydroxyl groups is 2. The minimum absolute atomic E-state index is 0.0858. The zero-order valence-corrected chi connectivity index (χ0v) is 21.2. The van der Waals surface area contributed by atoms with E-state index in [1.54, 1.807) is 13.8 Å². The highest BCUT2D eigenvalue weighted by atomic mass is 16.6. The molecular formula is C26H36O9. The van der Waals surface area contributed by atoms with Gasteiger partial charge in [0.05, 0.1) is 17.6 Å². The molecule has 4 rings (SSSR count). The van der Waals surface area contributed by atoms with E-state index in [2.05, 4.69) is 6.58 Å². The second-order valence-corrected chi connectivity index (χ2v) is 11.7. The van der Waals surface area contributed by atoms with Crippen LogP contribution in [0.5, 0.6) is 0 Å². The molecule has 194 valence electrons. The van der Waals surface area contributed by atoms with Gasteiger partial charge in [0, 0.05) is 44.4 Å². The minimum Gasteiger partial charge on any atom is -0.462 e. The number of aliphatic hydroxyl groups excluding tert-OH is 2. The normalized spacial score (nSPS) is 45.7. The van der Waals surface area contributed by atoms with Crippen LogP contribution in [0.3, 0.4) is 0 Å². The van der Waals surface area contributed by atoms with Crippen LogP contribution in [-0.4, -0.2) is 64.4 Å². The number of hydrogen-bond donors (Lipinski definition) is 2. The Morgan fingerprint density at radius 1 is 0.914 bits per heavy atom. The molecule has 0 aliphatic heterocycles. The molecule has 6 unspecified atom stereocenters. The molecule has 4 saturated carbocycles. The number of allylic oxidation sites excluding steroid dienone is 1. The molecule has 9 heteroatoms. The molecule has 35 heavy (non-hydrogen) atoms. The van der Waals surface area contributed by atoms with Gasteiger partial charge in [-0.2, -0.15) is 0 Å². The van der Waals surface area contributed by atoms with Gasteiger partial charge in [-0.25, -0.2) is 0 Å². The standard InChI is InChI=1S/C26H36O9/c1-11-15-8-16(33-12(2)27)20-25(7)18(34-13(3)28)9-17(30)24(5,6)21(25)19(31)23(35-14(4)29)26(20,10-15)22(11)32/h15-21,23,30-31H,1,8-10H2,2-7H3/t15?,16-,17-,18?,19?,20?,21+,23-,25?,26?/m0/s1. The fraction of sp³-hybridized carbons (Fsp3) is 0.769. The zero-order chi connectivity index (χ0) is 26.2. The molecule has 4 aliphatic rings. The second-order valence-electron chi connectivity index (χ2n) is 11.7. The van der Waals surface area contributed by atoms with Crippen molar-refractivity contribution in [2.45, 2.75) is 91.3 Å². The van der Waals surface area contributed by atoms with E-state index in [0.29, 0.717) is 12.0 Å². The molecule has 10 atom stereocenters. The third-order valence-corrected chi connectivity index (χ3v) is 9.44. The summed E-state index contributed by atoms with van der Waals surface area (Å²) in [6, 6.07) is 0. The molecule has 0 aromatic rings. The molecule has 2 N–H and O–H groups in total. The third-order valence-electron chi connectivity index (χ3n) is 9.44. The third kappa shape index (κ3) is 3.41. The lowest BCUT2D eigenvalue weighted by molar-refractivity contribution is -0.307. The monoisotopic (exact) mass is 492 g/mol. The predicted molar refractivity (Wildman–Crippen MR) is 121 cm³/mol. The summed E-state index contributed by atoms with van der Waals surface area (Å²) >= 11 is 0. The Morgan fingerprint density at radius 3 is 2.03 bits per heavy atom. The number of carbonyl (C=O) groups is 4. The van der Waals surface area contributed by atoms with E-state index < -0.39 is 76.5 Å². The molecule has 0 radical (unpaired) electrons. The fourth-order valence-electron chi connectivity index (χ4n) is 8.44. The van der Waals surface area contributed by atoms with Crippen LogP contribution in [0.15, 0.2) is 12.2 Å². The molecule has 9 nitrogen and oxygen atoms in total. The van der Waals surface area contributed by atoms with Gasteiger partial charge in [-0.15, -0.1) is 0 Å².